The molecule has 0 spiro atoms. The molecule has 0 bridgehead atoms. The Bertz CT molecular complexity index is 634. The van der Waals surface area contributed by atoms with E-state index in [0.29, 0.717) is 29.6 Å². The largest absolute Gasteiger partial charge is 0.398 e. The predicted molar refractivity (Wildman–Crippen MR) is 118 cm³/mol. The van der Waals surface area contributed by atoms with E-state index in [1.165, 1.54) is 19.3 Å². The summed E-state index contributed by atoms with van der Waals surface area (Å²) in [5.74, 6) is 0.989. The average Bonchev–Trinajstić information content (AvgIpc) is 2.69. The van der Waals surface area contributed by atoms with E-state index in [0.717, 1.165) is 48.6 Å². The number of amides is 1. The van der Waals surface area contributed by atoms with Crippen molar-refractivity contribution in [3.8, 4) is 0 Å². The Balaban J connectivity index is 2.22. The summed E-state index contributed by atoms with van der Waals surface area (Å²) in [7, 11) is 0. The third-order valence-corrected chi connectivity index (χ3v) is 6.83. The Hall–Kier alpha value is -0.780. The van der Waals surface area contributed by atoms with Gasteiger partial charge in [0.25, 0.3) is 5.91 Å². The fourth-order valence-electron chi connectivity index (χ4n) is 4.15. The minimum absolute atomic E-state index is 0.0788. The first-order chi connectivity index (χ1) is 12.9. The van der Waals surface area contributed by atoms with E-state index in [4.69, 9.17) is 23.1 Å². The molecule has 6 heteroatoms. The highest BCUT2D eigenvalue weighted by Crippen LogP contribution is 2.43. The van der Waals surface area contributed by atoms with Crippen molar-refractivity contribution in [1.29, 1.82) is 0 Å². The van der Waals surface area contributed by atoms with Crippen molar-refractivity contribution >= 4 is 39.1 Å². The Morgan fingerprint density at radius 1 is 1.26 bits per heavy atom. The van der Waals surface area contributed by atoms with Gasteiger partial charge < -0.3 is 16.8 Å². The fraction of sp³-hybridized carbons (Fsp3) is 0.667. The maximum atomic E-state index is 12.6. The lowest BCUT2D eigenvalue weighted by atomic mass is 9.69. The number of hydrogen-bond donors (Lipinski definition) is 3. The second-order valence-corrected chi connectivity index (χ2v) is 8.89. The second-order valence-electron chi connectivity index (χ2n) is 7.65. The van der Waals surface area contributed by atoms with Gasteiger partial charge in [-0.1, -0.05) is 32.6 Å². The lowest BCUT2D eigenvalue weighted by molar-refractivity contribution is 0.0952. The van der Waals surface area contributed by atoms with Crippen LogP contribution in [0.3, 0.4) is 0 Å². The van der Waals surface area contributed by atoms with Gasteiger partial charge in [0.05, 0.1) is 5.69 Å². The second kappa shape index (κ2) is 10.7. The normalized spacial score (nSPS) is 17.5. The van der Waals surface area contributed by atoms with E-state index in [-0.39, 0.29) is 5.91 Å². The summed E-state index contributed by atoms with van der Waals surface area (Å²) in [6, 6.07) is 3.70. The van der Waals surface area contributed by atoms with Crippen molar-refractivity contribution in [3.05, 3.63) is 27.7 Å². The van der Waals surface area contributed by atoms with E-state index in [1.807, 2.05) is 6.07 Å². The van der Waals surface area contributed by atoms with Gasteiger partial charge in [-0.15, -0.1) is 11.6 Å². The predicted octanol–water partition coefficient (Wildman–Crippen LogP) is 5.31. The number of hydrogen-bond acceptors (Lipinski definition) is 3. The maximum absolute atomic E-state index is 12.6. The summed E-state index contributed by atoms with van der Waals surface area (Å²) in [6.07, 6.45) is 9.68. The molecule has 1 atom stereocenters. The number of nitrogens with two attached hydrogens (primary N) is 2. The zero-order chi connectivity index (χ0) is 19.9. The van der Waals surface area contributed by atoms with Gasteiger partial charge in [0.2, 0.25) is 0 Å². The lowest BCUT2D eigenvalue weighted by Crippen LogP contribution is -2.45. The van der Waals surface area contributed by atoms with Crippen molar-refractivity contribution in [3.63, 3.8) is 0 Å². The molecule has 5 N–H and O–H groups in total. The molecule has 2 rings (SSSR count). The molecule has 1 unspecified atom stereocenters. The summed E-state index contributed by atoms with van der Waals surface area (Å²) < 4.78 is 0.742. The van der Waals surface area contributed by atoms with E-state index in [9.17, 15) is 4.79 Å². The van der Waals surface area contributed by atoms with Gasteiger partial charge in [0.15, 0.2) is 0 Å². The molecule has 152 valence electrons. The van der Waals surface area contributed by atoms with Crippen molar-refractivity contribution in [1.82, 2.24) is 5.32 Å². The lowest BCUT2D eigenvalue weighted by Gasteiger charge is -2.40. The van der Waals surface area contributed by atoms with E-state index in [1.54, 1.807) is 6.07 Å². The van der Waals surface area contributed by atoms with Crippen molar-refractivity contribution in [2.24, 2.45) is 11.7 Å². The number of anilines is 1. The molecular formula is C21H33BrClN3O. The quantitative estimate of drug-likeness (QED) is 0.266. The fourth-order valence-corrected chi connectivity index (χ4v) is 4.80. The number of carbonyl (C=O) groups excluding carboxylic acids is 1. The highest BCUT2D eigenvalue weighted by Gasteiger charge is 2.38. The molecule has 1 fully saturated rings. The molecule has 1 aromatic carbocycles. The van der Waals surface area contributed by atoms with Gasteiger partial charge in [-0.3, -0.25) is 4.79 Å². The third-order valence-electron chi connectivity index (χ3n) is 5.91. The Morgan fingerprint density at radius 2 is 1.96 bits per heavy atom. The molecule has 1 aromatic rings. The summed E-state index contributed by atoms with van der Waals surface area (Å²) in [6.45, 7) is 2.77. The molecule has 0 aromatic heterocycles. The SMILES string of the molecule is CCC(N)(c1cc(C(=O)NCCCCCCl)cc(Br)c1N)C1CCCCC1. The number of halogens is 2. The van der Waals surface area contributed by atoms with Crippen LogP contribution < -0.4 is 16.8 Å². The molecule has 0 radical (unpaired) electrons. The molecule has 1 amide bonds. The van der Waals surface area contributed by atoms with Crippen LogP contribution >= 0.6 is 27.5 Å². The first-order valence-electron chi connectivity index (χ1n) is 10.2. The molecule has 27 heavy (non-hydrogen) atoms. The number of alkyl halides is 1. The number of benzene rings is 1. The van der Waals surface area contributed by atoms with Crippen LogP contribution in [-0.2, 0) is 5.54 Å². The van der Waals surface area contributed by atoms with Gasteiger partial charge in [0, 0.05) is 28.0 Å². The van der Waals surface area contributed by atoms with Gasteiger partial charge in [-0.25, -0.2) is 0 Å². The Labute approximate surface area is 176 Å². The molecule has 1 saturated carbocycles. The summed E-state index contributed by atoms with van der Waals surface area (Å²) in [4.78, 5) is 12.6. The van der Waals surface area contributed by atoms with Gasteiger partial charge in [-0.2, -0.15) is 0 Å². The van der Waals surface area contributed by atoms with Crippen LogP contribution in [0.5, 0.6) is 0 Å². The van der Waals surface area contributed by atoms with Gasteiger partial charge >= 0.3 is 0 Å². The first kappa shape index (κ1) is 22.5. The van der Waals surface area contributed by atoms with Crippen LogP contribution in [0.15, 0.2) is 16.6 Å². The Morgan fingerprint density at radius 3 is 2.59 bits per heavy atom. The Kier molecular flexibility index (Phi) is 8.90. The summed E-state index contributed by atoms with van der Waals surface area (Å²) in [5, 5.41) is 3.00. The number of rotatable bonds is 9. The van der Waals surface area contributed by atoms with Crippen LogP contribution in [-0.4, -0.2) is 18.3 Å². The third kappa shape index (κ3) is 5.61. The van der Waals surface area contributed by atoms with Crippen LogP contribution in [0.1, 0.15) is 80.6 Å². The molecule has 4 nitrogen and oxygen atoms in total. The number of nitrogen functional groups attached to an aromatic ring is 1. The highest BCUT2D eigenvalue weighted by atomic mass is 79.9. The van der Waals surface area contributed by atoms with Crippen molar-refractivity contribution < 1.29 is 4.79 Å². The topological polar surface area (TPSA) is 81.1 Å². The van der Waals surface area contributed by atoms with E-state index < -0.39 is 5.54 Å². The molecule has 0 aliphatic heterocycles. The molecular weight excluding hydrogens is 426 g/mol. The smallest absolute Gasteiger partial charge is 0.251 e. The van der Waals surface area contributed by atoms with Crippen LogP contribution in [0, 0.1) is 5.92 Å². The van der Waals surface area contributed by atoms with Crippen LogP contribution in [0.2, 0.25) is 0 Å². The van der Waals surface area contributed by atoms with Crippen molar-refractivity contribution in [2.45, 2.75) is 70.3 Å². The average molecular weight is 459 g/mol. The standard InChI is InChI=1S/C21H33BrClN3O/c1-2-21(25,16-9-5-3-6-10-16)17-13-15(14-18(22)19(17)24)20(27)26-12-8-4-7-11-23/h13-14,16H,2-12,24-25H2,1H3,(H,26,27). The molecule has 0 saturated heterocycles. The zero-order valence-electron chi connectivity index (χ0n) is 16.3. The van der Waals surface area contributed by atoms with Gasteiger partial charge in [-0.05, 0) is 71.6 Å². The number of unbranched alkanes of at least 4 members (excludes halogenated alkanes) is 2. The maximum Gasteiger partial charge on any atom is 0.251 e. The van der Waals surface area contributed by atoms with E-state index >= 15 is 0 Å². The minimum atomic E-state index is -0.496. The summed E-state index contributed by atoms with van der Waals surface area (Å²) in [5.41, 5.74) is 15.0. The number of carbonyl (C=O) groups is 1. The zero-order valence-corrected chi connectivity index (χ0v) is 18.7. The summed E-state index contributed by atoms with van der Waals surface area (Å²) >= 11 is 9.23. The minimum Gasteiger partial charge on any atom is -0.398 e. The number of nitrogens with one attached hydrogen (secondary N) is 1. The van der Waals surface area contributed by atoms with E-state index in [2.05, 4.69) is 28.2 Å². The molecule has 1 aliphatic rings. The van der Waals surface area contributed by atoms with Gasteiger partial charge in [0.1, 0.15) is 0 Å². The monoisotopic (exact) mass is 457 g/mol. The molecule has 1 aliphatic carbocycles. The van der Waals surface area contributed by atoms with Crippen LogP contribution in [0.25, 0.3) is 0 Å². The van der Waals surface area contributed by atoms with Crippen molar-refractivity contribution in [2.75, 3.05) is 18.2 Å². The molecule has 0 heterocycles. The van der Waals surface area contributed by atoms with Crippen LogP contribution in [0.4, 0.5) is 5.69 Å². The first-order valence-corrected chi connectivity index (χ1v) is 11.5. The highest BCUT2D eigenvalue weighted by molar-refractivity contribution is 9.10.